The first-order valence-electron chi connectivity index (χ1n) is 7.28. The molecule has 3 rings (SSSR count). The second-order valence-corrected chi connectivity index (χ2v) is 6.02. The third-order valence-electron chi connectivity index (χ3n) is 4.62. The zero-order valence-corrected chi connectivity index (χ0v) is 11.9. The Hall–Kier alpha value is -2.10. The Kier molecular flexibility index (Phi) is 3.53. The molecular formula is C17H18NO3-. The molecule has 1 amide bonds. The molecule has 0 heterocycles. The fourth-order valence-electron chi connectivity index (χ4n) is 3.51. The van der Waals surface area contributed by atoms with Crippen LogP contribution in [0.3, 0.4) is 0 Å². The number of hydrogen-bond donors (Lipinski definition) is 1. The Balaban J connectivity index is 1.66. The normalized spacial score (nSPS) is 29.6. The summed E-state index contributed by atoms with van der Waals surface area (Å²) in [4.78, 5) is 23.6. The highest BCUT2D eigenvalue weighted by Crippen LogP contribution is 2.47. The van der Waals surface area contributed by atoms with E-state index in [9.17, 15) is 14.7 Å². The first-order chi connectivity index (χ1) is 10.1. The number of carboxylic acids is 1. The summed E-state index contributed by atoms with van der Waals surface area (Å²) in [5.74, 6) is -2.47. The van der Waals surface area contributed by atoms with Crippen molar-refractivity contribution >= 4 is 11.9 Å². The van der Waals surface area contributed by atoms with Crippen LogP contribution in [0.4, 0.5) is 0 Å². The van der Waals surface area contributed by atoms with Gasteiger partial charge in [-0.1, -0.05) is 42.0 Å². The molecule has 2 aliphatic rings. The van der Waals surface area contributed by atoms with Crippen molar-refractivity contribution in [2.75, 3.05) is 0 Å². The van der Waals surface area contributed by atoms with Gasteiger partial charge in [0.05, 0.1) is 5.92 Å². The lowest BCUT2D eigenvalue weighted by Gasteiger charge is -2.27. The highest BCUT2D eigenvalue weighted by molar-refractivity contribution is 5.86. The number of allylic oxidation sites excluding steroid dienone is 2. The molecule has 0 radical (unpaired) electrons. The lowest BCUT2D eigenvalue weighted by atomic mass is 9.82. The first kappa shape index (κ1) is 13.9. The van der Waals surface area contributed by atoms with Crippen molar-refractivity contribution in [2.45, 2.75) is 19.9 Å². The van der Waals surface area contributed by atoms with Gasteiger partial charge in [-0.2, -0.15) is 0 Å². The van der Waals surface area contributed by atoms with E-state index in [0.29, 0.717) is 6.54 Å². The summed E-state index contributed by atoms with van der Waals surface area (Å²) in [6.45, 7) is 2.44. The SMILES string of the molecule is Cc1ccc(CNC(=O)[C@H]2[C@@H](C(=O)[O-])[C@H]3C=C[C@@H]2C3)cc1. The number of fused-ring (bicyclic) bond motifs is 2. The minimum absolute atomic E-state index is 0.0379. The quantitative estimate of drug-likeness (QED) is 0.831. The number of benzene rings is 1. The van der Waals surface area contributed by atoms with Crippen LogP contribution in [0.2, 0.25) is 0 Å². The van der Waals surface area contributed by atoms with E-state index >= 15 is 0 Å². The molecule has 1 aromatic carbocycles. The largest absolute Gasteiger partial charge is 0.550 e. The van der Waals surface area contributed by atoms with Crippen LogP contribution in [0.5, 0.6) is 0 Å². The van der Waals surface area contributed by atoms with Gasteiger partial charge in [-0.05, 0) is 30.7 Å². The van der Waals surface area contributed by atoms with Crippen LogP contribution in [-0.2, 0) is 16.1 Å². The summed E-state index contributed by atoms with van der Waals surface area (Å²) in [6, 6.07) is 7.91. The lowest BCUT2D eigenvalue weighted by Crippen LogP contribution is -2.44. The summed E-state index contributed by atoms with van der Waals surface area (Å²) in [5, 5.41) is 14.2. The minimum Gasteiger partial charge on any atom is -0.550 e. The molecule has 0 unspecified atom stereocenters. The van der Waals surface area contributed by atoms with E-state index in [4.69, 9.17) is 0 Å². The minimum atomic E-state index is -1.11. The number of carbonyl (C=O) groups is 2. The molecule has 2 bridgehead atoms. The number of carboxylic acid groups (broad SMARTS) is 1. The van der Waals surface area contributed by atoms with E-state index < -0.39 is 17.8 Å². The van der Waals surface area contributed by atoms with E-state index in [2.05, 4.69) is 5.32 Å². The zero-order valence-electron chi connectivity index (χ0n) is 11.9. The monoisotopic (exact) mass is 284 g/mol. The molecule has 4 atom stereocenters. The maximum atomic E-state index is 12.4. The lowest BCUT2D eigenvalue weighted by molar-refractivity contribution is -0.313. The molecule has 4 nitrogen and oxygen atoms in total. The third kappa shape index (κ3) is 2.58. The van der Waals surface area contributed by atoms with E-state index in [1.165, 1.54) is 5.56 Å². The van der Waals surface area contributed by atoms with Crippen LogP contribution in [0, 0.1) is 30.6 Å². The van der Waals surface area contributed by atoms with Gasteiger partial charge in [0, 0.05) is 18.4 Å². The molecule has 0 spiro atoms. The standard InChI is InChI=1S/C17H19NO3/c1-10-2-4-11(5-3-10)9-18-16(19)14-12-6-7-13(8-12)15(14)17(20)21/h2-7,12-15H,8-9H2,1H3,(H,18,19)(H,20,21)/p-1/t12-,13+,14-,15+/m1/s1. The van der Waals surface area contributed by atoms with Gasteiger partial charge in [0.25, 0.3) is 0 Å². The first-order valence-corrected chi connectivity index (χ1v) is 7.28. The molecule has 1 N–H and O–H groups in total. The Morgan fingerprint density at radius 3 is 2.38 bits per heavy atom. The second kappa shape index (κ2) is 5.35. The van der Waals surface area contributed by atoms with Crippen molar-refractivity contribution in [1.82, 2.24) is 5.32 Å². The Morgan fingerprint density at radius 2 is 1.76 bits per heavy atom. The predicted molar refractivity (Wildman–Crippen MR) is 75.7 cm³/mol. The number of rotatable bonds is 4. The molecule has 1 fully saturated rings. The molecule has 1 saturated carbocycles. The molecule has 1 aromatic rings. The second-order valence-electron chi connectivity index (χ2n) is 6.02. The summed E-state index contributed by atoms with van der Waals surface area (Å²) in [6.07, 6.45) is 4.64. The number of aliphatic carboxylic acids is 1. The van der Waals surface area contributed by atoms with Crippen molar-refractivity contribution in [3.05, 3.63) is 47.5 Å². The van der Waals surface area contributed by atoms with Crippen molar-refractivity contribution in [3.8, 4) is 0 Å². The van der Waals surface area contributed by atoms with E-state index in [1.54, 1.807) is 0 Å². The summed E-state index contributed by atoms with van der Waals surface area (Å²) >= 11 is 0. The van der Waals surface area contributed by atoms with Crippen LogP contribution in [0.1, 0.15) is 17.5 Å². The topological polar surface area (TPSA) is 69.2 Å². The maximum Gasteiger partial charge on any atom is 0.224 e. The number of aryl methyl sites for hydroxylation is 1. The maximum absolute atomic E-state index is 12.4. The van der Waals surface area contributed by atoms with E-state index in [1.807, 2.05) is 43.3 Å². The highest BCUT2D eigenvalue weighted by Gasteiger charge is 2.48. The summed E-state index contributed by atoms with van der Waals surface area (Å²) < 4.78 is 0. The number of hydrogen-bond acceptors (Lipinski definition) is 3. The summed E-state index contributed by atoms with van der Waals surface area (Å²) in [5.41, 5.74) is 2.18. The van der Waals surface area contributed by atoms with Crippen molar-refractivity contribution in [3.63, 3.8) is 0 Å². The van der Waals surface area contributed by atoms with Gasteiger partial charge < -0.3 is 15.2 Å². The number of nitrogens with one attached hydrogen (secondary N) is 1. The summed E-state index contributed by atoms with van der Waals surface area (Å²) in [7, 11) is 0. The Bertz CT molecular complexity index is 591. The van der Waals surface area contributed by atoms with Crippen LogP contribution in [0.15, 0.2) is 36.4 Å². The average Bonchev–Trinajstić information content (AvgIpc) is 3.06. The number of amides is 1. The fourth-order valence-corrected chi connectivity index (χ4v) is 3.51. The average molecular weight is 284 g/mol. The molecule has 4 heteroatoms. The van der Waals surface area contributed by atoms with E-state index in [-0.39, 0.29) is 17.7 Å². The smallest absolute Gasteiger partial charge is 0.224 e. The van der Waals surface area contributed by atoms with Crippen LogP contribution >= 0.6 is 0 Å². The van der Waals surface area contributed by atoms with Gasteiger partial charge in [-0.3, -0.25) is 4.79 Å². The van der Waals surface area contributed by atoms with Gasteiger partial charge in [-0.25, -0.2) is 0 Å². The highest BCUT2D eigenvalue weighted by atomic mass is 16.4. The predicted octanol–water partition coefficient (Wildman–Crippen LogP) is 0.799. The molecule has 0 aromatic heterocycles. The molecule has 0 saturated heterocycles. The molecule has 0 aliphatic heterocycles. The Morgan fingerprint density at radius 1 is 1.14 bits per heavy atom. The van der Waals surface area contributed by atoms with Gasteiger partial charge in [0.15, 0.2) is 0 Å². The van der Waals surface area contributed by atoms with Crippen LogP contribution < -0.4 is 10.4 Å². The number of carbonyl (C=O) groups excluding carboxylic acids is 2. The van der Waals surface area contributed by atoms with Crippen molar-refractivity contribution in [2.24, 2.45) is 23.7 Å². The molecular weight excluding hydrogens is 266 g/mol. The van der Waals surface area contributed by atoms with Gasteiger partial charge in [0.1, 0.15) is 0 Å². The third-order valence-corrected chi connectivity index (χ3v) is 4.62. The fraction of sp³-hybridized carbons (Fsp3) is 0.412. The van der Waals surface area contributed by atoms with Gasteiger partial charge in [0.2, 0.25) is 5.91 Å². The molecule has 2 aliphatic carbocycles. The van der Waals surface area contributed by atoms with Crippen LogP contribution in [0.25, 0.3) is 0 Å². The van der Waals surface area contributed by atoms with E-state index in [0.717, 1.165) is 12.0 Å². The van der Waals surface area contributed by atoms with Crippen LogP contribution in [-0.4, -0.2) is 11.9 Å². The van der Waals surface area contributed by atoms with Crippen molar-refractivity contribution in [1.29, 1.82) is 0 Å². The van der Waals surface area contributed by atoms with Gasteiger partial charge in [-0.15, -0.1) is 0 Å². The molecule has 21 heavy (non-hydrogen) atoms. The molecule has 110 valence electrons. The zero-order chi connectivity index (χ0) is 15.0. The van der Waals surface area contributed by atoms with Gasteiger partial charge >= 0.3 is 0 Å². The Labute approximate surface area is 123 Å². The van der Waals surface area contributed by atoms with Crippen molar-refractivity contribution < 1.29 is 14.7 Å².